The SMILES string of the molecule is O=C(O)C(F)(F)CNC1CCOC1. The van der Waals surface area contributed by atoms with Crippen molar-refractivity contribution in [2.24, 2.45) is 0 Å². The molecule has 4 nitrogen and oxygen atoms in total. The molecule has 1 saturated heterocycles. The van der Waals surface area contributed by atoms with Crippen molar-refractivity contribution in [3.8, 4) is 0 Å². The van der Waals surface area contributed by atoms with Gasteiger partial charge in [-0.15, -0.1) is 0 Å². The van der Waals surface area contributed by atoms with Gasteiger partial charge in [0.15, 0.2) is 0 Å². The van der Waals surface area contributed by atoms with Gasteiger partial charge < -0.3 is 15.2 Å². The Kier molecular flexibility index (Phi) is 3.16. The molecule has 1 aliphatic heterocycles. The first-order chi connectivity index (χ1) is 6.02. The molecule has 76 valence electrons. The number of ether oxygens (including phenoxy) is 1. The fourth-order valence-electron chi connectivity index (χ4n) is 1.04. The van der Waals surface area contributed by atoms with Crippen LogP contribution in [0.5, 0.6) is 0 Å². The summed E-state index contributed by atoms with van der Waals surface area (Å²) in [7, 11) is 0. The number of carbonyl (C=O) groups is 1. The third-order valence-electron chi connectivity index (χ3n) is 1.86. The minimum Gasteiger partial charge on any atom is -0.477 e. The number of rotatable bonds is 4. The van der Waals surface area contributed by atoms with Crippen molar-refractivity contribution >= 4 is 5.97 Å². The van der Waals surface area contributed by atoms with Crippen LogP contribution in [0.2, 0.25) is 0 Å². The molecule has 0 aromatic rings. The lowest BCUT2D eigenvalue weighted by atomic mass is 10.2. The summed E-state index contributed by atoms with van der Waals surface area (Å²) in [4.78, 5) is 10.0. The topological polar surface area (TPSA) is 58.6 Å². The predicted octanol–water partition coefficient (Wildman–Crippen LogP) is 0.0848. The van der Waals surface area contributed by atoms with E-state index < -0.39 is 18.4 Å². The van der Waals surface area contributed by atoms with Crippen molar-refractivity contribution < 1.29 is 23.4 Å². The molecule has 1 fully saturated rings. The number of halogens is 2. The van der Waals surface area contributed by atoms with E-state index in [0.717, 1.165) is 0 Å². The zero-order chi connectivity index (χ0) is 9.90. The van der Waals surface area contributed by atoms with Gasteiger partial charge in [0.25, 0.3) is 0 Å². The van der Waals surface area contributed by atoms with Crippen LogP contribution in [0.3, 0.4) is 0 Å². The summed E-state index contributed by atoms with van der Waals surface area (Å²) in [5.74, 6) is -5.79. The van der Waals surface area contributed by atoms with Crippen molar-refractivity contribution in [1.82, 2.24) is 5.32 Å². The standard InChI is InChI=1S/C7H11F2NO3/c8-7(9,6(11)12)4-10-5-1-2-13-3-5/h5,10H,1-4H2,(H,11,12). The maximum Gasteiger partial charge on any atom is 0.375 e. The van der Waals surface area contributed by atoms with Crippen LogP contribution in [0.15, 0.2) is 0 Å². The summed E-state index contributed by atoms with van der Waals surface area (Å²) >= 11 is 0. The van der Waals surface area contributed by atoms with Crippen LogP contribution in [-0.2, 0) is 9.53 Å². The number of hydrogen-bond donors (Lipinski definition) is 2. The molecule has 1 heterocycles. The van der Waals surface area contributed by atoms with Crippen LogP contribution >= 0.6 is 0 Å². The van der Waals surface area contributed by atoms with Gasteiger partial charge in [-0.3, -0.25) is 0 Å². The van der Waals surface area contributed by atoms with Gasteiger partial charge in [0.2, 0.25) is 0 Å². The second-order valence-electron chi connectivity index (χ2n) is 2.95. The first-order valence-corrected chi connectivity index (χ1v) is 3.95. The number of aliphatic carboxylic acids is 1. The molecule has 1 aliphatic rings. The Morgan fingerprint density at radius 2 is 2.38 bits per heavy atom. The smallest absolute Gasteiger partial charge is 0.375 e. The molecule has 13 heavy (non-hydrogen) atoms. The summed E-state index contributed by atoms with van der Waals surface area (Å²) in [6, 6.07) is -0.148. The molecule has 6 heteroatoms. The van der Waals surface area contributed by atoms with E-state index in [0.29, 0.717) is 19.6 Å². The van der Waals surface area contributed by atoms with E-state index in [4.69, 9.17) is 9.84 Å². The van der Waals surface area contributed by atoms with E-state index in [1.807, 2.05) is 0 Å². The van der Waals surface area contributed by atoms with Crippen LogP contribution in [0, 0.1) is 0 Å². The quantitative estimate of drug-likeness (QED) is 0.667. The van der Waals surface area contributed by atoms with E-state index in [-0.39, 0.29) is 6.04 Å². The third kappa shape index (κ3) is 2.89. The second kappa shape index (κ2) is 3.97. The largest absolute Gasteiger partial charge is 0.477 e. The summed E-state index contributed by atoms with van der Waals surface area (Å²) in [6.45, 7) is 0.0718. The van der Waals surface area contributed by atoms with Gasteiger partial charge in [-0.05, 0) is 6.42 Å². The summed E-state index contributed by atoms with van der Waals surface area (Å²) in [5, 5.41) is 10.5. The molecule has 2 N–H and O–H groups in total. The lowest BCUT2D eigenvalue weighted by Gasteiger charge is -2.15. The number of carboxylic acids is 1. The van der Waals surface area contributed by atoms with Crippen LogP contribution in [0.25, 0.3) is 0 Å². The second-order valence-corrected chi connectivity index (χ2v) is 2.95. The molecule has 0 spiro atoms. The van der Waals surface area contributed by atoms with E-state index in [2.05, 4.69) is 5.32 Å². The van der Waals surface area contributed by atoms with Crippen LogP contribution < -0.4 is 5.32 Å². The molecule has 0 amide bonds. The highest BCUT2D eigenvalue weighted by Crippen LogP contribution is 2.13. The van der Waals surface area contributed by atoms with Crippen LogP contribution in [0.4, 0.5) is 8.78 Å². The molecule has 1 rings (SSSR count). The first-order valence-electron chi connectivity index (χ1n) is 3.95. The summed E-state index contributed by atoms with van der Waals surface area (Å²) < 4.78 is 29.9. The molecule has 1 atom stereocenters. The molecule has 1 unspecified atom stereocenters. The molecular weight excluding hydrogens is 184 g/mol. The highest BCUT2D eigenvalue weighted by atomic mass is 19.3. The van der Waals surface area contributed by atoms with E-state index >= 15 is 0 Å². The van der Waals surface area contributed by atoms with Gasteiger partial charge in [-0.25, -0.2) is 4.79 Å². The average molecular weight is 195 g/mol. The number of alkyl halides is 2. The normalized spacial score (nSPS) is 23.4. The Morgan fingerprint density at radius 3 is 2.85 bits per heavy atom. The predicted molar refractivity (Wildman–Crippen MR) is 39.8 cm³/mol. The van der Waals surface area contributed by atoms with Gasteiger partial charge in [-0.1, -0.05) is 0 Å². The summed E-state index contributed by atoms with van der Waals surface area (Å²) in [6.07, 6.45) is 0.649. The van der Waals surface area contributed by atoms with E-state index in [1.165, 1.54) is 0 Å². The van der Waals surface area contributed by atoms with Crippen molar-refractivity contribution in [1.29, 1.82) is 0 Å². The molecule has 0 saturated carbocycles. The highest BCUT2D eigenvalue weighted by molar-refractivity contribution is 5.75. The number of nitrogens with one attached hydrogen (secondary N) is 1. The number of carboxylic acid groups (broad SMARTS) is 1. The Hall–Kier alpha value is -0.750. The van der Waals surface area contributed by atoms with Gasteiger partial charge in [0.05, 0.1) is 13.2 Å². The first kappa shape index (κ1) is 10.3. The van der Waals surface area contributed by atoms with Crippen molar-refractivity contribution in [3.05, 3.63) is 0 Å². The Balaban J connectivity index is 2.28. The molecular formula is C7H11F2NO3. The maximum atomic E-state index is 12.5. The molecule has 0 radical (unpaired) electrons. The fourth-order valence-corrected chi connectivity index (χ4v) is 1.04. The molecule has 0 aliphatic carbocycles. The minimum atomic E-state index is -3.69. The molecule has 0 bridgehead atoms. The summed E-state index contributed by atoms with van der Waals surface area (Å²) in [5.41, 5.74) is 0. The zero-order valence-electron chi connectivity index (χ0n) is 6.93. The Bertz CT molecular complexity index is 192. The molecule has 0 aromatic carbocycles. The lowest BCUT2D eigenvalue weighted by molar-refractivity contribution is -0.164. The lowest BCUT2D eigenvalue weighted by Crippen LogP contribution is -2.44. The minimum absolute atomic E-state index is 0.148. The Labute approximate surface area is 73.9 Å². The third-order valence-corrected chi connectivity index (χ3v) is 1.86. The monoisotopic (exact) mass is 195 g/mol. The van der Waals surface area contributed by atoms with Crippen molar-refractivity contribution in [3.63, 3.8) is 0 Å². The Morgan fingerprint density at radius 1 is 1.69 bits per heavy atom. The van der Waals surface area contributed by atoms with Crippen LogP contribution in [-0.4, -0.2) is 42.8 Å². The highest BCUT2D eigenvalue weighted by Gasteiger charge is 2.39. The maximum absolute atomic E-state index is 12.5. The van der Waals surface area contributed by atoms with E-state index in [1.54, 1.807) is 0 Å². The van der Waals surface area contributed by atoms with Crippen molar-refractivity contribution in [2.45, 2.75) is 18.4 Å². The van der Waals surface area contributed by atoms with Gasteiger partial charge >= 0.3 is 11.9 Å². The average Bonchev–Trinajstić information content (AvgIpc) is 2.52. The van der Waals surface area contributed by atoms with Gasteiger partial charge in [0, 0.05) is 12.6 Å². The number of hydrogen-bond acceptors (Lipinski definition) is 3. The zero-order valence-corrected chi connectivity index (χ0v) is 6.93. The fraction of sp³-hybridized carbons (Fsp3) is 0.857. The van der Waals surface area contributed by atoms with Crippen molar-refractivity contribution in [2.75, 3.05) is 19.8 Å². The van der Waals surface area contributed by atoms with Crippen LogP contribution in [0.1, 0.15) is 6.42 Å². The molecule has 0 aromatic heterocycles. The van der Waals surface area contributed by atoms with E-state index in [9.17, 15) is 13.6 Å². The van der Waals surface area contributed by atoms with Gasteiger partial charge in [-0.2, -0.15) is 8.78 Å². The van der Waals surface area contributed by atoms with Gasteiger partial charge in [0.1, 0.15) is 0 Å².